The highest BCUT2D eigenvalue weighted by Gasteiger charge is 2.49. The zero-order valence-electron chi connectivity index (χ0n) is 15.0. The molecule has 2 fully saturated rings. The normalized spacial score (nSPS) is 21.7. The van der Waals surface area contributed by atoms with Crippen LogP contribution in [0.25, 0.3) is 22.3 Å². The summed E-state index contributed by atoms with van der Waals surface area (Å²) in [6.07, 6.45) is 0. The molecule has 3 heterocycles. The lowest BCUT2D eigenvalue weighted by molar-refractivity contribution is 0.0369. The van der Waals surface area contributed by atoms with Crippen molar-refractivity contribution in [2.45, 2.75) is 12.1 Å². The lowest BCUT2D eigenvalue weighted by atomic mass is 9.85. The summed E-state index contributed by atoms with van der Waals surface area (Å²) in [5, 5.41) is 0.548. The molecule has 3 aromatic rings. The zero-order valence-corrected chi connectivity index (χ0v) is 15.7. The maximum atomic E-state index is 14.4. The number of nitrogens with zero attached hydrogens (tertiary/aromatic N) is 4. The largest absolute Gasteiger partial charge is 0.364 e. The Bertz CT molecular complexity index is 1140. The van der Waals surface area contributed by atoms with E-state index in [9.17, 15) is 9.18 Å². The number of aromatic nitrogens is 2. The second kappa shape index (κ2) is 5.78. The van der Waals surface area contributed by atoms with Crippen LogP contribution >= 0.6 is 11.6 Å². The molecule has 0 bridgehead atoms. The van der Waals surface area contributed by atoms with Gasteiger partial charge in [0.1, 0.15) is 5.82 Å². The molecule has 2 aliphatic rings. The summed E-state index contributed by atoms with van der Waals surface area (Å²) in [5.41, 5.74) is 1.62. The third kappa shape index (κ3) is 2.33. The predicted molar refractivity (Wildman–Crippen MR) is 105 cm³/mol. The first-order chi connectivity index (χ1) is 13.0. The minimum Gasteiger partial charge on any atom is -0.364 e. The van der Waals surface area contributed by atoms with Gasteiger partial charge in [-0.25, -0.2) is 9.37 Å². The summed E-state index contributed by atoms with van der Waals surface area (Å²) < 4.78 is 15.8. The highest BCUT2D eigenvalue weighted by atomic mass is 35.5. The summed E-state index contributed by atoms with van der Waals surface area (Å²) in [7, 11) is 3.74. The van der Waals surface area contributed by atoms with Gasteiger partial charge in [-0.05, 0) is 37.4 Å². The Morgan fingerprint density at radius 2 is 1.96 bits per heavy atom. The molecule has 0 amide bonds. The molecule has 1 aromatic heterocycles. The Kier molecular flexibility index (Phi) is 3.58. The number of hydrogen-bond donors (Lipinski definition) is 0. The Morgan fingerprint density at radius 3 is 2.67 bits per heavy atom. The van der Waals surface area contributed by atoms with Crippen LogP contribution in [0.3, 0.4) is 0 Å². The molecule has 2 aliphatic heterocycles. The van der Waals surface area contributed by atoms with E-state index in [0.717, 1.165) is 18.8 Å². The van der Waals surface area contributed by atoms with E-state index < -0.39 is 5.82 Å². The van der Waals surface area contributed by atoms with Crippen molar-refractivity contribution in [2.24, 2.45) is 7.05 Å². The molecule has 0 radical (unpaired) electrons. The molecule has 27 heavy (non-hydrogen) atoms. The molecule has 2 unspecified atom stereocenters. The van der Waals surface area contributed by atoms with Crippen LogP contribution in [0, 0.1) is 5.82 Å². The number of halogens is 2. The average molecular weight is 385 g/mol. The Labute approximate surface area is 160 Å². The molecule has 2 aromatic carbocycles. The first-order valence-corrected chi connectivity index (χ1v) is 9.25. The van der Waals surface area contributed by atoms with E-state index in [0.29, 0.717) is 23.0 Å². The van der Waals surface area contributed by atoms with Gasteiger partial charge in [0.2, 0.25) is 0 Å². The molecule has 5 rings (SSSR count). The Hall–Kier alpha value is -2.44. The summed E-state index contributed by atoms with van der Waals surface area (Å²) in [4.78, 5) is 22.2. The van der Waals surface area contributed by atoms with Crippen LogP contribution in [0.1, 0.15) is 0 Å². The topological polar surface area (TPSA) is 41.4 Å². The fourth-order valence-electron chi connectivity index (χ4n) is 4.13. The van der Waals surface area contributed by atoms with Crippen LogP contribution in [-0.4, -0.2) is 46.7 Å². The van der Waals surface area contributed by atoms with Crippen LogP contribution < -0.4 is 10.5 Å². The monoisotopic (exact) mass is 384 g/mol. The second-order valence-electron chi connectivity index (χ2n) is 7.33. The van der Waals surface area contributed by atoms with Gasteiger partial charge in [0.05, 0.1) is 27.5 Å². The molecule has 0 aliphatic carbocycles. The predicted octanol–water partition coefficient (Wildman–Crippen LogP) is 2.90. The second-order valence-corrected chi connectivity index (χ2v) is 7.74. The van der Waals surface area contributed by atoms with E-state index in [1.807, 2.05) is 18.2 Å². The smallest absolute Gasteiger partial charge is 0.261 e. The maximum absolute atomic E-state index is 14.4. The number of anilines is 1. The van der Waals surface area contributed by atoms with Crippen molar-refractivity contribution in [3.8, 4) is 11.4 Å². The number of rotatable bonds is 2. The summed E-state index contributed by atoms with van der Waals surface area (Å²) in [6, 6.07) is 11.6. The third-order valence-corrected chi connectivity index (χ3v) is 6.14. The minimum absolute atomic E-state index is 0.00926. The van der Waals surface area contributed by atoms with Crippen molar-refractivity contribution in [2.75, 3.05) is 25.0 Å². The van der Waals surface area contributed by atoms with E-state index in [4.69, 9.17) is 11.6 Å². The lowest BCUT2D eigenvalue weighted by Crippen LogP contribution is -2.78. The molecule has 0 saturated carbocycles. The molecular weight excluding hydrogens is 367 g/mol. The Morgan fingerprint density at radius 1 is 1.15 bits per heavy atom. The minimum atomic E-state index is -0.571. The van der Waals surface area contributed by atoms with Gasteiger partial charge in [-0.2, -0.15) is 0 Å². The quantitative estimate of drug-likeness (QED) is 0.681. The summed E-state index contributed by atoms with van der Waals surface area (Å²) in [5.74, 6) is -0.303. The lowest BCUT2D eigenvalue weighted by Gasteiger charge is -2.62. The number of likely N-dealkylation sites (N-methyl/N-ethyl adjacent to an activating group) is 1. The number of fused-ring (bicyclic) bond motifs is 2. The van der Waals surface area contributed by atoms with E-state index >= 15 is 0 Å². The van der Waals surface area contributed by atoms with Crippen molar-refractivity contribution >= 4 is 28.2 Å². The van der Waals surface area contributed by atoms with Gasteiger partial charge in [0, 0.05) is 31.9 Å². The first kappa shape index (κ1) is 16.7. The Balaban J connectivity index is 1.61. The van der Waals surface area contributed by atoms with Crippen LogP contribution in [-0.2, 0) is 7.05 Å². The summed E-state index contributed by atoms with van der Waals surface area (Å²) in [6.45, 7) is 2.03. The standard InChI is InChI=1S/C20H18ClFN4O/c1-24-9-17-16(24)10-26(17)11-6-7-15-13(8-11)20(27)25(2)19(23-15)12-4-3-5-14(21)18(12)22/h3-8,16-17H,9-10H2,1-2H3. The van der Waals surface area contributed by atoms with Crippen LogP contribution in [0.15, 0.2) is 41.2 Å². The van der Waals surface area contributed by atoms with Gasteiger partial charge in [0.15, 0.2) is 5.82 Å². The molecule has 2 saturated heterocycles. The van der Waals surface area contributed by atoms with Crippen molar-refractivity contribution in [3.05, 3.63) is 57.6 Å². The molecule has 138 valence electrons. The maximum Gasteiger partial charge on any atom is 0.261 e. The van der Waals surface area contributed by atoms with Crippen molar-refractivity contribution in [1.29, 1.82) is 0 Å². The molecule has 0 N–H and O–H groups in total. The fourth-order valence-corrected chi connectivity index (χ4v) is 4.30. The van der Waals surface area contributed by atoms with Gasteiger partial charge >= 0.3 is 0 Å². The van der Waals surface area contributed by atoms with Crippen LogP contribution in [0.2, 0.25) is 5.02 Å². The fraction of sp³-hybridized carbons (Fsp3) is 0.300. The van der Waals surface area contributed by atoms with E-state index in [2.05, 4.69) is 21.8 Å². The van der Waals surface area contributed by atoms with E-state index in [-0.39, 0.29) is 22.0 Å². The van der Waals surface area contributed by atoms with Gasteiger partial charge in [-0.1, -0.05) is 17.7 Å². The highest BCUT2D eigenvalue weighted by molar-refractivity contribution is 6.31. The van der Waals surface area contributed by atoms with Crippen LogP contribution in [0.4, 0.5) is 10.1 Å². The van der Waals surface area contributed by atoms with Crippen molar-refractivity contribution in [3.63, 3.8) is 0 Å². The van der Waals surface area contributed by atoms with E-state index in [1.165, 1.54) is 10.6 Å². The average Bonchev–Trinajstić information content (AvgIpc) is 2.65. The number of hydrogen-bond acceptors (Lipinski definition) is 4. The van der Waals surface area contributed by atoms with Crippen molar-refractivity contribution < 1.29 is 4.39 Å². The highest BCUT2D eigenvalue weighted by Crippen LogP contribution is 2.37. The van der Waals surface area contributed by atoms with Crippen LogP contribution in [0.5, 0.6) is 0 Å². The molecular formula is C20H18ClFN4O. The van der Waals surface area contributed by atoms with Crippen molar-refractivity contribution in [1.82, 2.24) is 14.5 Å². The van der Waals surface area contributed by atoms with Gasteiger partial charge in [-0.3, -0.25) is 14.3 Å². The van der Waals surface area contributed by atoms with Gasteiger partial charge in [-0.15, -0.1) is 0 Å². The van der Waals surface area contributed by atoms with Gasteiger partial charge < -0.3 is 4.90 Å². The molecule has 7 heteroatoms. The van der Waals surface area contributed by atoms with E-state index in [1.54, 1.807) is 19.2 Å². The third-order valence-electron chi connectivity index (χ3n) is 5.85. The molecule has 0 spiro atoms. The number of benzene rings is 2. The van der Waals surface area contributed by atoms with Gasteiger partial charge in [0.25, 0.3) is 5.56 Å². The number of likely N-dealkylation sites (tertiary alicyclic amines) is 1. The molecule has 5 nitrogen and oxygen atoms in total. The first-order valence-electron chi connectivity index (χ1n) is 8.88. The zero-order chi connectivity index (χ0) is 18.9. The SMILES string of the molecule is CN1CC2C1CN2c1ccc2nc(-c3cccc(Cl)c3F)n(C)c(=O)c2c1. The number of piperazine rings is 1. The molecule has 2 atom stereocenters. The summed E-state index contributed by atoms with van der Waals surface area (Å²) >= 11 is 5.89.